The highest BCUT2D eigenvalue weighted by atomic mass is 35.5. The third-order valence-electron chi connectivity index (χ3n) is 5.68. The zero-order valence-electron chi connectivity index (χ0n) is 19.8. The summed E-state index contributed by atoms with van der Waals surface area (Å²) >= 11 is 12.4. The number of rotatable bonds is 6. The van der Waals surface area contributed by atoms with Crippen LogP contribution in [0.2, 0.25) is 10.0 Å². The second kappa shape index (κ2) is 11.1. The standard InChI is InChI=1S/C24H28Cl2N2O6/c1-6-34-24(30)28-14(2)7-19(18-11-21(31-3)22(32-4)12-20(18)28)27(23(29)33-5)13-15-8-16(25)10-17(26)9-15/h8-12,14,19H,6-7,13H2,1-5H3/t14-,19+/m1/s1. The number of carbonyl (C=O) groups is 2. The van der Waals surface area contributed by atoms with Gasteiger partial charge in [-0.3, -0.25) is 9.80 Å². The van der Waals surface area contributed by atoms with Crippen molar-refractivity contribution < 1.29 is 28.5 Å². The van der Waals surface area contributed by atoms with E-state index >= 15 is 0 Å². The van der Waals surface area contributed by atoms with Crippen molar-refractivity contribution in [3.05, 3.63) is 51.5 Å². The first kappa shape index (κ1) is 25.8. The third kappa shape index (κ3) is 5.28. The maximum Gasteiger partial charge on any atom is 0.414 e. The Hall–Kier alpha value is -2.84. The van der Waals surface area contributed by atoms with E-state index in [4.69, 9.17) is 42.1 Å². The molecule has 1 aliphatic heterocycles. The smallest absolute Gasteiger partial charge is 0.414 e. The predicted molar refractivity (Wildman–Crippen MR) is 130 cm³/mol. The quantitative estimate of drug-likeness (QED) is 0.468. The molecule has 2 aromatic rings. The largest absolute Gasteiger partial charge is 0.493 e. The maximum absolute atomic E-state index is 13.0. The Bertz CT molecular complexity index is 1040. The molecule has 0 saturated heterocycles. The Morgan fingerprint density at radius 2 is 1.65 bits per heavy atom. The van der Waals surface area contributed by atoms with E-state index in [1.165, 1.54) is 21.3 Å². The normalized spacial score (nSPS) is 17.0. The summed E-state index contributed by atoms with van der Waals surface area (Å²) in [6, 6.07) is 7.88. The summed E-state index contributed by atoms with van der Waals surface area (Å²) in [4.78, 5) is 29.0. The average molecular weight is 511 g/mol. The highest BCUT2D eigenvalue weighted by Crippen LogP contribution is 2.46. The van der Waals surface area contributed by atoms with Gasteiger partial charge in [0.05, 0.1) is 39.7 Å². The lowest BCUT2D eigenvalue weighted by Crippen LogP contribution is -2.47. The molecule has 0 spiro atoms. The molecule has 10 heteroatoms. The summed E-state index contributed by atoms with van der Waals surface area (Å²) in [5.41, 5.74) is 2.01. The number of ether oxygens (including phenoxy) is 4. The summed E-state index contributed by atoms with van der Waals surface area (Å²) in [6.45, 7) is 4.07. The molecule has 2 aromatic carbocycles. The van der Waals surface area contributed by atoms with Gasteiger partial charge >= 0.3 is 12.2 Å². The van der Waals surface area contributed by atoms with E-state index in [2.05, 4.69) is 0 Å². The Kier molecular flexibility index (Phi) is 8.38. The minimum atomic E-state index is -0.529. The Labute approximate surface area is 209 Å². The molecule has 34 heavy (non-hydrogen) atoms. The number of nitrogens with zero attached hydrogens (tertiary/aromatic N) is 2. The van der Waals surface area contributed by atoms with Gasteiger partial charge in [0.15, 0.2) is 11.5 Å². The Balaban J connectivity index is 2.15. The van der Waals surface area contributed by atoms with Gasteiger partial charge in [0, 0.05) is 34.3 Å². The number of carbonyl (C=O) groups excluding carboxylic acids is 2. The fourth-order valence-electron chi connectivity index (χ4n) is 4.24. The summed E-state index contributed by atoms with van der Waals surface area (Å²) in [7, 11) is 4.37. The molecule has 2 amide bonds. The van der Waals surface area contributed by atoms with Gasteiger partial charge in [0.25, 0.3) is 0 Å². The summed E-state index contributed by atoms with van der Waals surface area (Å²) in [5, 5.41) is 0.925. The van der Waals surface area contributed by atoms with E-state index in [9.17, 15) is 9.59 Å². The molecule has 3 rings (SSSR count). The van der Waals surface area contributed by atoms with E-state index in [0.29, 0.717) is 39.2 Å². The van der Waals surface area contributed by atoms with Crippen molar-refractivity contribution in [3.63, 3.8) is 0 Å². The Morgan fingerprint density at radius 3 is 2.21 bits per heavy atom. The fraction of sp³-hybridized carbons (Fsp3) is 0.417. The van der Waals surface area contributed by atoms with E-state index < -0.39 is 18.2 Å². The SMILES string of the molecule is CCOC(=O)N1c2cc(OC)c(OC)cc2[C@@H](N(Cc2cc(Cl)cc(Cl)c2)C(=O)OC)C[C@H]1C. The van der Waals surface area contributed by atoms with Crippen LogP contribution in [0.15, 0.2) is 30.3 Å². The third-order valence-corrected chi connectivity index (χ3v) is 6.12. The van der Waals surface area contributed by atoms with Crippen LogP contribution < -0.4 is 14.4 Å². The maximum atomic E-state index is 13.0. The first-order valence-corrected chi connectivity index (χ1v) is 11.5. The first-order valence-electron chi connectivity index (χ1n) is 10.7. The topological polar surface area (TPSA) is 77.5 Å². The second-order valence-corrected chi connectivity index (χ2v) is 8.68. The van der Waals surface area contributed by atoms with Crippen molar-refractivity contribution in [1.29, 1.82) is 0 Å². The van der Waals surface area contributed by atoms with Crippen LogP contribution in [-0.4, -0.2) is 51.1 Å². The van der Waals surface area contributed by atoms with E-state index in [0.717, 1.165) is 5.56 Å². The van der Waals surface area contributed by atoms with Crippen molar-refractivity contribution in [2.75, 3.05) is 32.8 Å². The number of anilines is 1. The van der Waals surface area contributed by atoms with E-state index in [1.807, 2.05) is 6.92 Å². The summed E-state index contributed by atoms with van der Waals surface area (Å²) < 4.78 is 21.4. The molecule has 8 nitrogen and oxygen atoms in total. The molecule has 1 heterocycles. The van der Waals surface area contributed by atoms with Crippen LogP contribution in [-0.2, 0) is 16.0 Å². The number of methoxy groups -OCH3 is 3. The van der Waals surface area contributed by atoms with Gasteiger partial charge in [-0.1, -0.05) is 23.2 Å². The number of hydrogen-bond donors (Lipinski definition) is 0. The minimum absolute atomic E-state index is 0.192. The second-order valence-electron chi connectivity index (χ2n) is 7.81. The predicted octanol–water partition coefficient (Wildman–Crippen LogP) is 6.08. The average Bonchev–Trinajstić information content (AvgIpc) is 2.80. The van der Waals surface area contributed by atoms with Crippen LogP contribution >= 0.6 is 23.2 Å². The number of hydrogen-bond acceptors (Lipinski definition) is 6. The molecule has 0 radical (unpaired) electrons. The van der Waals surface area contributed by atoms with Crippen LogP contribution in [0.25, 0.3) is 0 Å². The number of amides is 2. The van der Waals surface area contributed by atoms with Crippen molar-refractivity contribution in [1.82, 2.24) is 4.90 Å². The van der Waals surface area contributed by atoms with Crippen LogP contribution in [0.4, 0.5) is 15.3 Å². The molecule has 184 valence electrons. The monoisotopic (exact) mass is 510 g/mol. The molecular weight excluding hydrogens is 483 g/mol. The van der Waals surface area contributed by atoms with Crippen molar-refractivity contribution >= 4 is 41.1 Å². The fourth-order valence-corrected chi connectivity index (χ4v) is 4.81. The lowest BCUT2D eigenvalue weighted by Gasteiger charge is -2.42. The molecule has 1 aliphatic rings. The van der Waals surface area contributed by atoms with Gasteiger partial charge in [-0.2, -0.15) is 0 Å². The highest BCUT2D eigenvalue weighted by Gasteiger charge is 2.40. The van der Waals surface area contributed by atoms with Crippen molar-refractivity contribution in [2.45, 2.75) is 38.9 Å². The summed E-state index contributed by atoms with van der Waals surface area (Å²) in [5.74, 6) is 0.926. The van der Waals surface area contributed by atoms with Gasteiger partial charge in [0.2, 0.25) is 0 Å². The van der Waals surface area contributed by atoms with Crippen LogP contribution in [0.5, 0.6) is 11.5 Å². The first-order chi connectivity index (χ1) is 16.2. The molecule has 2 atom stereocenters. The highest BCUT2D eigenvalue weighted by molar-refractivity contribution is 6.34. The van der Waals surface area contributed by atoms with Gasteiger partial charge in [-0.05, 0) is 50.1 Å². The molecule has 0 aromatic heterocycles. The molecule has 0 aliphatic carbocycles. The molecule has 0 N–H and O–H groups in total. The number of benzene rings is 2. The lowest BCUT2D eigenvalue weighted by molar-refractivity contribution is 0.0941. The van der Waals surface area contributed by atoms with Gasteiger partial charge in [-0.25, -0.2) is 9.59 Å². The zero-order valence-corrected chi connectivity index (χ0v) is 21.3. The zero-order chi connectivity index (χ0) is 25.0. The Morgan fingerprint density at radius 1 is 1.03 bits per heavy atom. The molecule has 0 fully saturated rings. The van der Waals surface area contributed by atoms with Gasteiger partial charge in [-0.15, -0.1) is 0 Å². The lowest BCUT2D eigenvalue weighted by atomic mass is 9.90. The summed E-state index contributed by atoms with van der Waals surface area (Å²) in [6.07, 6.45) is -0.572. The molecule has 0 bridgehead atoms. The van der Waals surface area contributed by atoms with Crippen molar-refractivity contribution in [2.24, 2.45) is 0 Å². The number of halogens is 2. The number of fused-ring (bicyclic) bond motifs is 1. The molecular formula is C24H28Cl2N2O6. The van der Waals surface area contributed by atoms with Crippen LogP contribution in [0.3, 0.4) is 0 Å². The van der Waals surface area contributed by atoms with Crippen LogP contribution in [0.1, 0.15) is 37.4 Å². The van der Waals surface area contributed by atoms with E-state index in [1.54, 1.807) is 47.1 Å². The van der Waals surface area contributed by atoms with E-state index in [-0.39, 0.29) is 19.2 Å². The molecule has 0 saturated carbocycles. The van der Waals surface area contributed by atoms with Gasteiger partial charge in [0.1, 0.15) is 0 Å². The van der Waals surface area contributed by atoms with Crippen molar-refractivity contribution in [3.8, 4) is 11.5 Å². The molecule has 0 unspecified atom stereocenters. The van der Waals surface area contributed by atoms with Crippen LogP contribution in [0, 0.1) is 0 Å². The van der Waals surface area contributed by atoms with Gasteiger partial charge < -0.3 is 18.9 Å². The minimum Gasteiger partial charge on any atom is -0.493 e.